The molecule has 1 unspecified atom stereocenters. The molecule has 0 amide bonds. The van der Waals surface area contributed by atoms with Crippen molar-refractivity contribution in [2.24, 2.45) is 0 Å². The summed E-state index contributed by atoms with van der Waals surface area (Å²) in [6.45, 7) is 7.43. The van der Waals surface area contributed by atoms with Gasteiger partial charge in [0.05, 0.1) is 12.2 Å². The van der Waals surface area contributed by atoms with Crippen molar-refractivity contribution in [3.63, 3.8) is 0 Å². The lowest BCUT2D eigenvalue weighted by atomic mass is 9.97. The van der Waals surface area contributed by atoms with Crippen LogP contribution >= 0.6 is 0 Å². The van der Waals surface area contributed by atoms with Gasteiger partial charge in [-0.25, -0.2) is 0 Å². The molecule has 1 aromatic carbocycles. The second-order valence-corrected chi connectivity index (χ2v) is 6.36. The number of hydrogen-bond donors (Lipinski definition) is 1. The lowest BCUT2D eigenvalue weighted by molar-refractivity contribution is -0.0313. The Morgan fingerprint density at radius 3 is 2.60 bits per heavy atom. The number of nitrogens with one attached hydrogen (secondary N) is 1. The summed E-state index contributed by atoms with van der Waals surface area (Å²) in [6.07, 6.45) is 7.10. The molecule has 1 atom stereocenters. The third-order valence-electron chi connectivity index (χ3n) is 4.03. The number of rotatable bonds is 6. The highest BCUT2D eigenvalue weighted by Crippen LogP contribution is 2.27. The Kier molecular flexibility index (Phi) is 6.06. The van der Waals surface area contributed by atoms with Crippen LogP contribution in [-0.4, -0.2) is 18.7 Å². The van der Waals surface area contributed by atoms with Crippen LogP contribution in [-0.2, 0) is 4.74 Å². The molecule has 1 aliphatic carbocycles. The molecule has 2 rings (SSSR count). The molecule has 0 radical (unpaired) electrons. The standard InChI is InChI=1S/C18H29NO/c1-14(2)19-13-18(16-9-7-8-15(3)12-16)20-17-10-5-4-6-11-17/h7-9,12,14,17-19H,4-6,10-11,13H2,1-3H3. The summed E-state index contributed by atoms with van der Waals surface area (Å²) < 4.78 is 6.42. The molecule has 1 aliphatic rings. The van der Waals surface area contributed by atoms with Gasteiger partial charge < -0.3 is 10.1 Å². The van der Waals surface area contributed by atoms with Crippen LogP contribution in [0.25, 0.3) is 0 Å². The first-order valence-electron chi connectivity index (χ1n) is 8.10. The van der Waals surface area contributed by atoms with Crippen molar-refractivity contribution in [2.45, 2.75) is 71.1 Å². The average molecular weight is 275 g/mol. The SMILES string of the molecule is Cc1cccc(C(CNC(C)C)OC2CCCCC2)c1. The molecule has 20 heavy (non-hydrogen) atoms. The van der Waals surface area contributed by atoms with Crippen LogP contribution in [0.2, 0.25) is 0 Å². The molecular weight excluding hydrogens is 246 g/mol. The summed E-state index contributed by atoms with van der Waals surface area (Å²) >= 11 is 0. The van der Waals surface area contributed by atoms with Crippen molar-refractivity contribution in [1.82, 2.24) is 5.32 Å². The van der Waals surface area contributed by atoms with E-state index in [0.29, 0.717) is 12.1 Å². The number of benzene rings is 1. The molecular formula is C18H29NO. The summed E-state index contributed by atoms with van der Waals surface area (Å²) in [4.78, 5) is 0. The maximum atomic E-state index is 6.42. The van der Waals surface area contributed by atoms with E-state index < -0.39 is 0 Å². The first-order chi connectivity index (χ1) is 9.65. The normalized spacial score (nSPS) is 18.4. The van der Waals surface area contributed by atoms with E-state index >= 15 is 0 Å². The topological polar surface area (TPSA) is 21.3 Å². The number of ether oxygens (including phenoxy) is 1. The van der Waals surface area contributed by atoms with Gasteiger partial charge in [0.15, 0.2) is 0 Å². The maximum Gasteiger partial charge on any atom is 0.0953 e. The minimum absolute atomic E-state index is 0.181. The molecule has 0 aliphatic heterocycles. The van der Waals surface area contributed by atoms with Gasteiger partial charge in [-0.3, -0.25) is 0 Å². The molecule has 0 saturated heterocycles. The van der Waals surface area contributed by atoms with E-state index in [1.54, 1.807) is 0 Å². The summed E-state index contributed by atoms with van der Waals surface area (Å²) in [7, 11) is 0. The van der Waals surface area contributed by atoms with Gasteiger partial charge >= 0.3 is 0 Å². The van der Waals surface area contributed by atoms with Crippen molar-refractivity contribution in [3.05, 3.63) is 35.4 Å². The largest absolute Gasteiger partial charge is 0.369 e. The zero-order valence-corrected chi connectivity index (χ0v) is 13.2. The van der Waals surface area contributed by atoms with Gasteiger partial charge in [0.25, 0.3) is 0 Å². The molecule has 0 aromatic heterocycles. The van der Waals surface area contributed by atoms with Crippen molar-refractivity contribution < 1.29 is 4.74 Å². The van der Waals surface area contributed by atoms with Crippen molar-refractivity contribution in [3.8, 4) is 0 Å². The summed E-state index contributed by atoms with van der Waals surface area (Å²) in [5.41, 5.74) is 2.62. The van der Waals surface area contributed by atoms with Crippen LogP contribution < -0.4 is 5.32 Å². The van der Waals surface area contributed by atoms with E-state index in [2.05, 4.69) is 50.4 Å². The zero-order valence-electron chi connectivity index (χ0n) is 13.2. The molecule has 0 bridgehead atoms. The van der Waals surface area contributed by atoms with Gasteiger partial charge in [-0.1, -0.05) is 62.9 Å². The molecule has 1 N–H and O–H groups in total. The van der Waals surface area contributed by atoms with Gasteiger partial charge in [-0.2, -0.15) is 0 Å². The molecule has 2 heteroatoms. The minimum Gasteiger partial charge on any atom is -0.369 e. The molecule has 0 spiro atoms. The van der Waals surface area contributed by atoms with Gasteiger partial charge in [0.1, 0.15) is 0 Å². The summed E-state index contributed by atoms with van der Waals surface area (Å²) in [6, 6.07) is 9.24. The second kappa shape index (κ2) is 7.80. The fourth-order valence-corrected chi connectivity index (χ4v) is 2.89. The van der Waals surface area contributed by atoms with E-state index in [1.165, 1.54) is 43.2 Å². The highest BCUT2D eigenvalue weighted by Gasteiger charge is 2.20. The van der Waals surface area contributed by atoms with Gasteiger partial charge in [-0.05, 0) is 25.3 Å². The van der Waals surface area contributed by atoms with Crippen molar-refractivity contribution >= 4 is 0 Å². The van der Waals surface area contributed by atoms with Crippen LogP contribution in [0.1, 0.15) is 63.2 Å². The Labute approximate surface area is 123 Å². The number of hydrogen-bond acceptors (Lipinski definition) is 2. The van der Waals surface area contributed by atoms with E-state index in [4.69, 9.17) is 4.74 Å². The monoisotopic (exact) mass is 275 g/mol. The fraction of sp³-hybridized carbons (Fsp3) is 0.667. The maximum absolute atomic E-state index is 6.42. The Balaban J connectivity index is 2.02. The first-order valence-corrected chi connectivity index (χ1v) is 8.10. The highest BCUT2D eigenvalue weighted by atomic mass is 16.5. The Morgan fingerprint density at radius 2 is 1.95 bits per heavy atom. The van der Waals surface area contributed by atoms with Crippen LogP contribution in [0.15, 0.2) is 24.3 Å². The van der Waals surface area contributed by atoms with Crippen LogP contribution in [0.4, 0.5) is 0 Å². The first kappa shape index (κ1) is 15.5. The average Bonchev–Trinajstić information content (AvgIpc) is 2.44. The molecule has 1 aromatic rings. The lowest BCUT2D eigenvalue weighted by Gasteiger charge is -2.29. The van der Waals surface area contributed by atoms with Gasteiger partial charge in [0, 0.05) is 12.6 Å². The molecule has 2 nitrogen and oxygen atoms in total. The van der Waals surface area contributed by atoms with Gasteiger partial charge in [0.2, 0.25) is 0 Å². The minimum atomic E-state index is 0.181. The molecule has 1 fully saturated rings. The highest BCUT2D eigenvalue weighted by molar-refractivity contribution is 5.24. The molecule has 112 valence electrons. The Hall–Kier alpha value is -0.860. The van der Waals surface area contributed by atoms with E-state index in [-0.39, 0.29) is 6.10 Å². The van der Waals surface area contributed by atoms with Crippen LogP contribution in [0.5, 0.6) is 0 Å². The second-order valence-electron chi connectivity index (χ2n) is 6.36. The fourth-order valence-electron chi connectivity index (χ4n) is 2.89. The van der Waals surface area contributed by atoms with E-state index in [0.717, 1.165) is 6.54 Å². The van der Waals surface area contributed by atoms with Crippen LogP contribution in [0.3, 0.4) is 0 Å². The molecule has 0 heterocycles. The smallest absolute Gasteiger partial charge is 0.0953 e. The third-order valence-corrected chi connectivity index (χ3v) is 4.03. The van der Waals surface area contributed by atoms with Gasteiger partial charge in [-0.15, -0.1) is 0 Å². The summed E-state index contributed by atoms with van der Waals surface area (Å²) in [5, 5.41) is 3.53. The van der Waals surface area contributed by atoms with Crippen molar-refractivity contribution in [1.29, 1.82) is 0 Å². The summed E-state index contributed by atoms with van der Waals surface area (Å²) in [5.74, 6) is 0. The van der Waals surface area contributed by atoms with Crippen molar-refractivity contribution in [2.75, 3.05) is 6.54 Å². The predicted molar refractivity (Wildman–Crippen MR) is 85.0 cm³/mol. The predicted octanol–water partition coefficient (Wildman–Crippen LogP) is 4.38. The number of aryl methyl sites for hydroxylation is 1. The third kappa shape index (κ3) is 4.92. The quantitative estimate of drug-likeness (QED) is 0.831. The van der Waals surface area contributed by atoms with E-state index in [1.807, 2.05) is 0 Å². The van der Waals surface area contributed by atoms with Crippen LogP contribution in [0, 0.1) is 6.92 Å². The molecule has 1 saturated carbocycles. The zero-order chi connectivity index (χ0) is 14.4. The Bertz CT molecular complexity index is 396. The lowest BCUT2D eigenvalue weighted by Crippen LogP contribution is -2.31. The van der Waals surface area contributed by atoms with E-state index in [9.17, 15) is 0 Å². The Morgan fingerprint density at radius 1 is 1.20 bits per heavy atom.